The van der Waals surface area contributed by atoms with Crippen LogP contribution in [0.2, 0.25) is 0 Å². The molecule has 0 atom stereocenters. The first kappa shape index (κ1) is 28.1. The van der Waals surface area contributed by atoms with Crippen molar-refractivity contribution in [3.63, 3.8) is 0 Å². The van der Waals surface area contributed by atoms with Crippen LogP contribution < -0.4 is 10.7 Å². The molecule has 0 radical (unpaired) electrons. The van der Waals surface area contributed by atoms with Crippen LogP contribution in [0.25, 0.3) is 5.57 Å². The highest BCUT2D eigenvalue weighted by molar-refractivity contribution is 7.10. The molecule has 2 aliphatic rings. The lowest BCUT2D eigenvalue weighted by molar-refractivity contribution is -0.0183. The van der Waals surface area contributed by atoms with Crippen molar-refractivity contribution in [3.05, 3.63) is 69.9 Å². The number of carbonyl (C=O) groups excluding carboxylic acids is 1. The molecule has 3 heterocycles. The molecule has 1 amide bonds. The molecular weight excluding hydrogens is 492 g/mol. The number of likely N-dealkylation sites (tertiary alicyclic amines) is 1. The van der Waals surface area contributed by atoms with E-state index in [-0.39, 0.29) is 11.3 Å². The first-order chi connectivity index (χ1) is 18.3. The van der Waals surface area contributed by atoms with Crippen LogP contribution in [-0.2, 0) is 11.0 Å². The van der Waals surface area contributed by atoms with E-state index in [4.69, 9.17) is 0 Å². The van der Waals surface area contributed by atoms with Gasteiger partial charge in [-0.05, 0) is 91.1 Å². The minimum atomic E-state index is -0.887. The second kappa shape index (κ2) is 12.3. The van der Waals surface area contributed by atoms with Crippen LogP contribution in [0.3, 0.4) is 0 Å². The first-order valence-electron chi connectivity index (χ1n) is 13.7. The molecule has 3 N–H and O–H groups in total. The van der Waals surface area contributed by atoms with E-state index in [1.54, 1.807) is 11.3 Å². The van der Waals surface area contributed by atoms with Crippen LogP contribution in [0.5, 0.6) is 0 Å². The Labute approximate surface area is 231 Å². The molecule has 2 aliphatic heterocycles. The molecule has 1 fully saturated rings. The van der Waals surface area contributed by atoms with Crippen molar-refractivity contribution in [3.8, 4) is 0 Å². The Kier molecular flexibility index (Phi) is 9.11. The highest BCUT2D eigenvalue weighted by Crippen LogP contribution is 2.40. The maximum atomic E-state index is 13.6. The Balaban J connectivity index is 1.48. The zero-order valence-electron chi connectivity index (χ0n) is 23.1. The molecular formula is C31H42N4O2S. The number of nitrogens with one attached hydrogen (secondary N) is 2. The van der Waals surface area contributed by atoms with Crippen molar-refractivity contribution in [2.24, 2.45) is 5.10 Å². The lowest BCUT2D eigenvalue weighted by Gasteiger charge is -2.38. The van der Waals surface area contributed by atoms with Crippen LogP contribution in [0, 0.1) is 0 Å². The number of carbonyl (C=O) groups is 1. The number of allylic oxidation sites excluding steroid dienone is 2. The second-order valence-corrected chi connectivity index (χ2v) is 12.0. The Hall–Kier alpha value is -2.90. The summed E-state index contributed by atoms with van der Waals surface area (Å²) in [4.78, 5) is 16.5. The number of hydrazone groups is 1. The summed E-state index contributed by atoms with van der Waals surface area (Å²) in [6, 6.07) is 8.10. The lowest BCUT2D eigenvalue weighted by atomic mass is 9.81. The maximum Gasteiger partial charge on any atom is 0.253 e. The standard InChI is InChI=1S/C31H42N4O2S/c1-5-13-30(2,3)25-21-28(38-22-25)31(37)14-18-35(19-15-31)29(36)24-10-11-27(32-4)26(20-24)23-9-7-6-8-16-33-34-17-12-23/h5,10-12,16,20-22,32,34,37H,1,6-9,13-15,17-19H2,2-4H3/b23-12+,33-16-. The van der Waals surface area contributed by atoms with Crippen molar-refractivity contribution in [2.75, 3.05) is 32.0 Å². The van der Waals surface area contributed by atoms with Gasteiger partial charge in [0.15, 0.2) is 0 Å². The monoisotopic (exact) mass is 534 g/mol. The molecule has 0 spiro atoms. The SMILES string of the molecule is C=CCC(C)(C)c1csc(C2(O)CCN(C(=O)c3ccc(NC)c(/C4=C/CN/N=C\CCCC4)c3)CC2)c1. The molecule has 0 saturated carbocycles. The van der Waals surface area contributed by atoms with Crippen molar-refractivity contribution in [1.29, 1.82) is 0 Å². The van der Waals surface area contributed by atoms with Gasteiger partial charge in [0.1, 0.15) is 5.60 Å². The number of piperidine rings is 1. The fraction of sp³-hybridized carbons (Fsp3) is 0.484. The van der Waals surface area contributed by atoms with Gasteiger partial charge < -0.3 is 20.7 Å². The maximum absolute atomic E-state index is 13.6. The molecule has 1 aromatic carbocycles. The quantitative estimate of drug-likeness (QED) is 0.364. The Morgan fingerprint density at radius 3 is 2.82 bits per heavy atom. The van der Waals surface area contributed by atoms with Crippen LogP contribution >= 0.6 is 11.3 Å². The van der Waals surface area contributed by atoms with Gasteiger partial charge in [0.25, 0.3) is 5.91 Å². The summed E-state index contributed by atoms with van der Waals surface area (Å²) in [6.45, 7) is 10.0. The van der Waals surface area contributed by atoms with Gasteiger partial charge in [-0.25, -0.2) is 0 Å². The van der Waals surface area contributed by atoms with Crippen molar-refractivity contribution < 1.29 is 9.90 Å². The smallest absolute Gasteiger partial charge is 0.253 e. The Bertz CT molecular complexity index is 1190. The summed E-state index contributed by atoms with van der Waals surface area (Å²) in [5, 5.41) is 21.2. The topological polar surface area (TPSA) is 77.0 Å². The summed E-state index contributed by atoms with van der Waals surface area (Å²) < 4.78 is 0. The number of nitrogens with zero attached hydrogens (tertiary/aromatic N) is 2. The van der Waals surface area contributed by atoms with E-state index in [0.717, 1.165) is 48.2 Å². The van der Waals surface area contributed by atoms with Gasteiger partial charge in [-0.15, -0.1) is 17.9 Å². The van der Waals surface area contributed by atoms with E-state index in [9.17, 15) is 9.90 Å². The first-order valence-corrected chi connectivity index (χ1v) is 14.6. The van der Waals surface area contributed by atoms with Gasteiger partial charge in [-0.1, -0.05) is 26.0 Å². The van der Waals surface area contributed by atoms with E-state index in [0.29, 0.717) is 38.0 Å². The lowest BCUT2D eigenvalue weighted by Crippen LogP contribution is -2.44. The normalized spacial score (nSPS) is 20.5. The molecule has 7 heteroatoms. The summed E-state index contributed by atoms with van der Waals surface area (Å²) in [5.74, 6) is 0.0260. The molecule has 6 nitrogen and oxygen atoms in total. The van der Waals surface area contributed by atoms with E-state index < -0.39 is 5.60 Å². The summed E-state index contributed by atoms with van der Waals surface area (Å²) in [5.41, 5.74) is 7.45. The third-order valence-electron chi connectivity index (χ3n) is 7.91. The minimum Gasteiger partial charge on any atom is -0.388 e. The molecule has 0 bridgehead atoms. The highest BCUT2D eigenvalue weighted by atomic mass is 32.1. The predicted octanol–water partition coefficient (Wildman–Crippen LogP) is 6.30. The van der Waals surface area contributed by atoms with Crippen LogP contribution in [-0.4, -0.2) is 48.8 Å². The fourth-order valence-corrected chi connectivity index (χ4v) is 6.59. The molecule has 0 aliphatic carbocycles. The van der Waals surface area contributed by atoms with Gasteiger partial charge in [0, 0.05) is 48.0 Å². The van der Waals surface area contributed by atoms with Crippen LogP contribution in [0.1, 0.15) is 85.2 Å². The van der Waals surface area contributed by atoms with Crippen molar-refractivity contribution in [2.45, 2.75) is 69.8 Å². The molecule has 204 valence electrons. The summed E-state index contributed by atoms with van der Waals surface area (Å²) >= 11 is 1.63. The average Bonchev–Trinajstić information content (AvgIpc) is 3.44. The third kappa shape index (κ3) is 6.38. The minimum absolute atomic E-state index is 0.00567. The third-order valence-corrected chi connectivity index (χ3v) is 9.03. The number of rotatable bonds is 7. The van der Waals surface area contributed by atoms with Gasteiger partial charge in [-0.3, -0.25) is 4.79 Å². The van der Waals surface area contributed by atoms with Gasteiger partial charge in [0.05, 0.1) is 6.54 Å². The molecule has 4 rings (SSSR count). The zero-order chi connectivity index (χ0) is 27.2. The van der Waals surface area contributed by atoms with E-state index >= 15 is 0 Å². The van der Waals surface area contributed by atoms with Crippen molar-refractivity contribution in [1.82, 2.24) is 10.3 Å². The molecule has 2 aromatic rings. The number of hydrogen-bond acceptors (Lipinski definition) is 6. The number of benzene rings is 1. The Morgan fingerprint density at radius 1 is 1.29 bits per heavy atom. The fourth-order valence-electron chi connectivity index (χ4n) is 5.33. The van der Waals surface area contributed by atoms with Gasteiger partial charge in [0.2, 0.25) is 0 Å². The number of amides is 1. The zero-order valence-corrected chi connectivity index (χ0v) is 23.9. The van der Waals surface area contributed by atoms with E-state index in [1.807, 2.05) is 42.4 Å². The number of thiophene rings is 1. The average molecular weight is 535 g/mol. The van der Waals surface area contributed by atoms with Crippen molar-refractivity contribution >= 4 is 34.7 Å². The summed E-state index contributed by atoms with van der Waals surface area (Å²) in [6.07, 6.45) is 12.1. The summed E-state index contributed by atoms with van der Waals surface area (Å²) in [7, 11) is 1.92. The second-order valence-electron chi connectivity index (χ2n) is 11.1. The molecule has 0 unspecified atom stereocenters. The number of anilines is 1. The van der Waals surface area contributed by atoms with E-state index in [1.165, 1.54) is 11.1 Å². The predicted molar refractivity (Wildman–Crippen MR) is 160 cm³/mol. The number of aliphatic hydroxyl groups is 1. The van der Waals surface area contributed by atoms with Gasteiger partial charge in [-0.2, -0.15) is 5.10 Å². The highest BCUT2D eigenvalue weighted by Gasteiger charge is 2.37. The van der Waals surface area contributed by atoms with E-state index in [2.05, 4.69) is 53.8 Å². The van der Waals surface area contributed by atoms with Crippen LogP contribution in [0.4, 0.5) is 5.69 Å². The molecule has 1 aromatic heterocycles. The van der Waals surface area contributed by atoms with Crippen LogP contribution in [0.15, 0.2) is 53.5 Å². The Morgan fingerprint density at radius 2 is 2.08 bits per heavy atom. The number of hydrogen-bond donors (Lipinski definition) is 3. The van der Waals surface area contributed by atoms with Gasteiger partial charge >= 0.3 is 0 Å². The molecule has 38 heavy (non-hydrogen) atoms. The molecule has 1 saturated heterocycles. The largest absolute Gasteiger partial charge is 0.388 e.